The number of nitrogens with zero attached hydrogens (tertiary/aromatic N) is 3. The van der Waals surface area contributed by atoms with Gasteiger partial charge in [0.2, 0.25) is 0 Å². The molecule has 3 rings (SSSR count). The number of halogens is 2. The normalized spacial score (nSPS) is 14.2. The third-order valence-corrected chi connectivity index (χ3v) is 6.23. The van der Waals surface area contributed by atoms with Crippen LogP contribution in [0.5, 0.6) is 0 Å². The molecule has 0 aliphatic heterocycles. The molecule has 0 bridgehead atoms. The van der Waals surface area contributed by atoms with E-state index in [1.165, 1.54) is 27.9 Å². The summed E-state index contributed by atoms with van der Waals surface area (Å²) >= 11 is 6.96. The molecule has 0 spiro atoms. The Bertz CT molecular complexity index is 615. The Kier molecular flexibility index (Phi) is 6.50. The van der Waals surface area contributed by atoms with Crippen LogP contribution in [0.25, 0.3) is 11.3 Å². The molecule has 1 aliphatic rings. The molecule has 0 amide bonds. The zero-order valence-corrected chi connectivity index (χ0v) is 18.0. The predicted molar refractivity (Wildman–Crippen MR) is 96.0 cm³/mol. The van der Waals surface area contributed by atoms with Gasteiger partial charge < -0.3 is 0 Å². The van der Waals surface area contributed by atoms with Crippen molar-refractivity contribution in [3.05, 3.63) is 40.3 Å². The van der Waals surface area contributed by atoms with Gasteiger partial charge in [0, 0.05) is 51.8 Å². The van der Waals surface area contributed by atoms with Gasteiger partial charge in [-0.05, 0) is 12.8 Å². The first-order valence-corrected chi connectivity index (χ1v) is 9.41. The van der Waals surface area contributed by atoms with Crippen molar-refractivity contribution < 1.29 is 19.4 Å². The minimum Gasteiger partial charge on any atom is -0.185 e. The van der Waals surface area contributed by atoms with Crippen LogP contribution >= 0.6 is 45.7 Å². The van der Waals surface area contributed by atoms with Crippen LogP contribution in [-0.2, 0) is 33.4 Å². The van der Waals surface area contributed by atoms with Gasteiger partial charge in [0.05, 0.1) is 0 Å². The zero-order chi connectivity index (χ0) is 14.7. The Balaban J connectivity index is 0.000000205. The van der Waals surface area contributed by atoms with Crippen LogP contribution in [0.1, 0.15) is 12.8 Å². The van der Waals surface area contributed by atoms with E-state index in [0.717, 1.165) is 6.04 Å². The van der Waals surface area contributed by atoms with Crippen molar-refractivity contribution in [3.63, 3.8) is 0 Å². The molecule has 112 valence electrons. The topological polar surface area (TPSA) is 13.1 Å². The molecule has 0 N–H and O–H groups in total. The van der Waals surface area contributed by atoms with Crippen molar-refractivity contribution in [2.75, 3.05) is 0 Å². The molecule has 1 saturated carbocycles. The summed E-state index contributed by atoms with van der Waals surface area (Å²) in [7, 11) is 4.15. The molecular weight excluding hydrogens is 659 g/mol. The first-order valence-electron chi connectivity index (χ1n) is 6.34. The van der Waals surface area contributed by atoms with Gasteiger partial charge in [-0.2, -0.15) is 1.33 Å². The van der Waals surface area contributed by atoms with Gasteiger partial charge in [0.25, 0.3) is 0 Å². The second-order valence-corrected chi connectivity index (χ2v) is 9.72. The van der Waals surface area contributed by atoms with Gasteiger partial charge in [0.15, 0.2) is 0 Å². The van der Waals surface area contributed by atoms with Crippen molar-refractivity contribution in [1.82, 2.24) is 10.5 Å². The summed E-state index contributed by atoms with van der Waals surface area (Å²) < 4.78 is 7.76. The SMILES string of the molecule is Cn1cc(-c2ccccc2)n(C)[c]1=[Pt].IN(I)C1CC1. The Labute approximate surface area is 158 Å². The fourth-order valence-corrected chi connectivity index (χ4v) is 3.33. The quantitative estimate of drug-likeness (QED) is 0.343. The van der Waals surface area contributed by atoms with Crippen molar-refractivity contribution in [2.24, 2.45) is 14.1 Å². The molecule has 1 aromatic carbocycles. The average Bonchev–Trinajstić information content (AvgIpc) is 3.26. The number of benzene rings is 1. The van der Waals surface area contributed by atoms with E-state index in [4.69, 9.17) is 0 Å². The molecule has 2 aromatic rings. The van der Waals surface area contributed by atoms with E-state index in [-0.39, 0.29) is 0 Å². The van der Waals surface area contributed by atoms with Crippen molar-refractivity contribution in [1.29, 1.82) is 0 Å². The molecule has 3 nitrogen and oxygen atoms in total. The maximum atomic E-state index is 2.33. The minimum atomic E-state index is 0.909. The number of aromatic nitrogens is 2. The summed E-state index contributed by atoms with van der Waals surface area (Å²) in [6.07, 6.45) is 4.97. The van der Waals surface area contributed by atoms with Crippen molar-refractivity contribution in [3.8, 4) is 11.3 Å². The molecule has 0 saturated heterocycles. The number of aryl methyl sites for hydroxylation is 1. The van der Waals surface area contributed by atoms with E-state index in [2.05, 4.69) is 120 Å². The molecule has 1 heterocycles. The first kappa shape index (κ1) is 16.9. The molecule has 1 fully saturated rings. The standard InChI is InChI=1S/C11H12N2.C3H5I2N.Pt/c1-12-8-11(13(2)9-12)10-6-4-3-5-7-10;4-6(5)3-1-2-3;/h3-8H,1-2H3;3H,1-2H2;. The van der Waals surface area contributed by atoms with Gasteiger partial charge in [-0.25, -0.2) is 0 Å². The van der Waals surface area contributed by atoms with E-state index in [0.29, 0.717) is 0 Å². The average molecular weight is 676 g/mol. The van der Waals surface area contributed by atoms with E-state index in [1.54, 1.807) is 0 Å². The molecular formula is C14H17I2N3Pt. The van der Waals surface area contributed by atoms with Crippen LogP contribution in [0, 0.1) is 3.80 Å². The van der Waals surface area contributed by atoms with E-state index in [1.807, 2.05) is 6.07 Å². The van der Waals surface area contributed by atoms with Crippen LogP contribution in [0.3, 0.4) is 0 Å². The molecule has 0 radical (unpaired) electrons. The minimum absolute atomic E-state index is 0.909. The molecule has 20 heavy (non-hydrogen) atoms. The summed E-state index contributed by atoms with van der Waals surface area (Å²) in [5.74, 6) is 0. The van der Waals surface area contributed by atoms with Crippen LogP contribution < -0.4 is 0 Å². The largest absolute Gasteiger partial charge is 0.185 e. The Morgan fingerprint density at radius 2 is 1.75 bits per heavy atom. The van der Waals surface area contributed by atoms with Gasteiger partial charge >= 0.3 is 94.2 Å². The third kappa shape index (κ3) is 4.51. The monoisotopic (exact) mass is 676 g/mol. The Hall–Kier alpha value is 0.538. The molecule has 6 heteroatoms. The summed E-state index contributed by atoms with van der Waals surface area (Å²) in [6.45, 7) is 0. The summed E-state index contributed by atoms with van der Waals surface area (Å²) in [5, 5.41) is 0. The zero-order valence-electron chi connectivity index (χ0n) is 11.4. The predicted octanol–water partition coefficient (Wildman–Crippen LogP) is 4.26. The maximum Gasteiger partial charge on any atom is 0.0311 e. The van der Waals surface area contributed by atoms with Gasteiger partial charge in [0.1, 0.15) is 0 Å². The maximum absolute atomic E-state index is 2.33. The Morgan fingerprint density at radius 1 is 1.15 bits per heavy atom. The second kappa shape index (κ2) is 7.70. The van der Waals surface area contributed by atoms with E-state index < -0.39 is 0 Å². The van der Waals surface area contributed by atoms with Crippen LogP contribution in [0.15, 0.2) is 36.5 Å². The number of hydrogen-bond acceptors (Lipinski definition) is 1. The summed E-state index contributed by atoms with van der Waals surface area (Å²) in [5.41, 5.74) is 2.51. The molecule has 1 aliphatic carbocycles. The van der Waals surface area contributed by atoms with Crippen LogP contribution in [0.2, 0.25) is 0 Å². The summed E-state index contributed by atoms with van der Waals surface area (Å²) in [4.78, 5) is 0. The third-order valence-electron chi connectivity index (χ3n) is 3.10. The van der Waals surface area contributed by atoms with Crippen molar-refractivity contribution in [2.45, 2.75) is 18.9 Å². The van der Waals surface area contributed by atoms with E-state index in [9.17, 15) is 0 Å². The number of hydrogen-bond donors (Lipinski definition) is 0. The van der Waals surface area contributed by atoms with Crippen LogP contribution in [-0.4, -0.2) is 16.5 Å². The fraction of sp³-hybridized carbons (Fsp3) is 0.357. The second-order valence-electron chi connectivity index (χ2n) is 4.78. The smallest absolute Gasteiger partial charge is 0.0311 e. The molecule has 0 unspecified atom stereocenters. The number of imidazole rings is 1. The Morgan fingerprint density at radius 3 is 2.10 bits per heavy atom. The van der Waals surface area contributed by atoms with E-state index >= 15 is 0 Å². The fourth-order valence-electron chi connectivity index (χ4n) is 1.79. The molecule has 0 atom stereocenters. The van der Waals surface area contributed by atoms with Gasteiger partial charge in [-0.3, -0.25) is 0 Å². The molecule has 1 aromatic heterocycles. The van der Waals surface area contributed by atoms with Crippen molar-refractivity contribution >= 4 is 45.7 Å². The van der Waals surface area contributed by atoms with Gasteiger partial charge in [-0.1, -0.05) is 0 Å². The van der Waals surface area contributed by atoms with Gasteiger partial charge in [-0.15, -0.1) is 0 Å². The van der Waals surface area contributed by atoms with Crippen LogP contribution in [0.4, 0.5) is 0 Å². The first-order chi connectivity index (χ1) is 9.50. The number of rotatable bonds is 2. The summed E-state index contributed by atoms with van der Waals surface area (Å²) in [6, 6.07) is 11.3.